The number of hydrogen-bond donors (Lipinski definition) is 0. The summed E-state index contributed by atoms with van der Waals surface area (Å²) >= 11 is 0. The smallest absolute Gasteiger partial charge is 0.331 e. The van der Waals surface area contributed by atoms with Crippen molar-refractivity contribution in [3.8, 4) is 6.07 Å². The fourth-order valence-corrected chi connectivity index (χ4v) is 1.62. The second-order valence-corrected chi connectivity index (χ2v) is 4.30. The first-order valence-electron chi connectivity index (χ1n) is 6.27. The maximum Gasteiger partial charge on any atom is 0.331 e. The van der Waals surface area contributed by atoms with E-state index in [2.05, 4.69) is 0 Å². The van der Waals surface area contributed by atoms with Gasteiger partial charge >= 0.3 is 5.97 Å². The summed E-state index contributed by atoms with van der Waals surface area (Å²) in [5.74, 6) is -0.806. The van der Waals surface area contributed by atoms with E-state index >= 15 is 0 Å². The first-order chi connectivity index (χ1) is 10.2. The van der Waals surface area contributed by atoms with E-state index in [9.17, 15) is 9.18 Å². The molecule has 21 heavy (non-hydrogen) atoms. The number of nitriles is 1. The van der Waals surface area contributed by atoms with E-state index in [0.29, 0.717) is 11.1 Å². The molecule has 104 valence electrons. The highest BCUT2D eigenvalue weighted by molar-refractivity contribution is 5.87. The number of benzene rings is 2. The lowest BCUT2D eigenvalue weighted by Crippen LogP contribution is -2.00. The van der Waals surface area contributed by atoms with E-state index in [1.54, 1.807) is 42.5 Å². The third-order valence-corrected chi connectivity index (χ3v) is 2.75. The number of carbonyl (C=O) groups is 1. The molecule has 0 bridgehead atoms. The molecule has 0 spiro atoms. The van der Waals surface area contributed by atoms with Gasteiger partial charge < -0.3 is 4.74 Å². The van der Waals surface area contributed by atoms with E-state index in [1.165, 1.54) is 18.2 Å². The molecule has 0 fully saturated rings. The van der Waals surface area contributed by atoms with Crippen molar-refractivity contribution >= 4 is 12.0 Å². The van der Waals surface area contributed by atoms with Crippen LogP contribution in [0.5, 0.6) is 0 Å². The maximum atomic E-state index is 12.7. The average molecular weight is 281 g/mol. The molecule has 2 aromatic rings. The van der Waals surface area contributed by atoms with Crippen molar-refractivity contribution < 1.29 is 13.9 Å². The Hall–Kier alpha value is -2.93. The molecule has 4 heteroatoms. The van der Waals surface area contributed by atoms with Gasteiger partial charge in [0.1, 0.15) is 12.4 Å². The molecule has 0 saturated carbocycles. The van der Waals surface area contributed by atoms with Crippen LogP contribution in [0.3, 0.4) is 0 Å². The second-order valence-electron chi connectivity index (χ2n) is 4.30. The van der Waals surface area contributed by atoms with Crippen molar-refractivity contribution in [1.29, 1.82) is 5.26 Å². The minimum atomic E-state index is -0.483. The van der Waals surface area contributed by atoms with Gasteiger partial charge in [-0.2, -0.15) is 5.26 Å². The fraction of sp³-hybridized carbons (Fsp3) is 0.0588. The zero-order valence-corrected chi connectivity index (χ0v) is 11.1. The zero-order chi connectivity index (χ0) is 15.1. The van der Waals surface area contributed by atoms with Gasteiger partial charge in [-0.25, -0.2) is 9.18 Å². The minimum absolute atomic E-state index is 0.137. The molecule has 0 saturated heterocycles. The SMILES string of the molecule is N#Cc1ccc(COC(=O)C=Cc2ccc(F)cc2)cc1. The van der Waals surface area contributed by atoms with Gasteiger partial charge in [0.25, 0.3) is 0 Å². The van der Waals surface area contributed by atoms with Gasteiger partial charge in [-0.1, -0.05) is 24.3 Å². The summed E-state index contributed by atoms with van der Waals surface area (Å²) in [7, 11) is 0. The lowest BCUT2D eigenvalue weighted by atomic mass is 10.2. The summed E-state index contributed by atoms with van der Waals surface area (Å²) in [5.41, 5.74) is 2.07. The molecule has 0 unspecified atom stereocenters. The van der Waals surface area contributed by atoms with Crippen molar-refractivity contribution in [2.45, 2.75) is 6.61 Å². The van der Waals surface area contributed by atoms with Gasteiger partial charge in [0.15, 0.2) is 0 Å². The highest BCUT2D eigenvalue weighted by Gasteiger charge is 1.99. The minimum Gasteiger partial charge on any atom is -0.458 e. The summed E-state index contributed by atoms with van der Waals surface area (Å²) in [6.45, 7) is 0.137. The molecular weight excluding hydrogens is 269 g/mol. The molecule has 0 aliphatic rings. The number of hydrogen-bond acceptors (Lipinski definition) is 3. The Morgan fingerprint density at radius 3 is 2.43 bits per heavy atom. The summed E-state index contributed by atoms with van der Waals surface area (Å²) < 4.78 is 17.8. The maximum absolute atomic E-state index is 12.7. The van der Waals surface area contributed by atoms with Crippen molar-refractivity contribution in [3.63, 3.8) is 0 Å². The van der Waals surface area contributed by atoms with Crippen LogP contribution in [-0.4, -0.2) is 5.97 Å². The Morgan fingerprint density at radius 2 is 1.81 bits per heavy atom. The quantitative estimate of drug-likeness (QED) is 0.637. The van der Waals surface area contributed by atoms with Gasteiger partial charge in [-0.05, 0) is 41.5 Å². The number of rotatable bonds is 4. The topological polar surface area (TPSA) is 50.1 Å². The summed E-state index contributed by atoms with van der Waals surface area (Å²) in [5, 5.41) is 8.67. The van der Waals surface area contributed by atoms with Crippen LogP contribution in [0.25, 0.3) is 6.08 Å². The van der Waals surface area contributed by atoms with Crippen molar-refractivity contribution in [2.24, 2.45) is 0 Å². The van der Waals surface area contributed by atoms with E-state index in [1.807, 2.05) is 6.07 Å². The lowest BCUT2D eigenvalue weighted by molar-refractivity contribution is -0.138. The summed E-state index contributed by atoms with van der Waals surface area (Å²) in [4.78, 5) is 11.5. The van der Waals surface area contributed by atoms with Gasteiger partial charge in [0.2, 0.25) is 0 Å². The Bertz CT molecular complexity index is 682. The van der Waals surface area contributed by atoms with Crippen LogP contribution in [0.2, 0.25) is 0 Å². The normalized spacial score (nSPS) is 10.3. The van der Waals surface area contributed by atoms with Crippen molar-refractivity contribution in [3.05, 3.63) is 77.1 Å². The molecule has 0 atom stereocenters. The Morgan fingerprint density at radius 1 is 1.14 bits per heavy atom. The van der Waals surface area contributed by atoms with Crippen LogP contribution in [0.4, 0.5) is 4.39 Å². The molecule has 2 rings (SSSR count). The summed E-state index contributed by atoms with van der Waals surface area (Å²) in [6.07, 6.45) is 2.84. The van der Waals surface area contributed by atoms with Crippen LogP contribution < -0.4 is 0 Å². The zero-order valence-electron chi connectivity index (χ0n) is 11.1. The van der Waals surface area contributed by atoms with Crippen LogP contribution in [0, 0.1) is 17.1 Å². The predicted molar refractivity (Wildman–Crippen MR) is 76.4 cm³/mol. The average Bonchev–Trinajstić information content (AvgIpc) is 2.53. The predicted octanol–water partition coefficient (Wildman–Crippen LogP) is 3.45. The Kier molecular flexibility index (Phi) is 4.84. The molecule has 0 radical (unpaired) electrons. The number of carbonyl (C=O) groups excluding carboxylic acids is 1. The highest BCUT2D eigenvalue weighted by atomic mass is 19.1. The molecule has 0 aliphatic carbocycles. The Balaban J connectivity index is 1.86. The molecule has 0 amide bonds. The largest absolute Gasteiger partial charge is 0.458 e. The van der Waals surface area contributed by atoms with E-state index in [-0.39, 0.29) is 12.4 Å². The van der Waals surface area contributed by atoms with Crippen molar-refractivity contribution in [2.75, 3.05) is 0 Å². The van der Waals surface area contributed by atoms with E-state index in [0.717, 1.165) is 5.56 Å². The van der Waals surface area contributed by atoms with Crippen LogP contribution in [-0.2, 0) is 16.1 Å². The number of nitrogens with zero attached hydrogens (tertiary/aromatic N) is 1. The van der Waals surface area contributed by atoms with E-state index in [4.69, 9.17) is 10.00 Å². The monoisotopic (exact) mass is 281 g/mol. The highest BCUT2D eigenvalue weighted by Crippen LogP contribution is 2.07. The van der Waals surface area contributed by atoms with Gasteiger partial charge in [0, 0.05) is 6.08 Å². The molecule has 0 heterocycles. The van der Waals surface area contributed by atoms with Crippen LogP contribution in [0.15, 0.2) is 54.6 Å². The lowest BCUT2D eigenvalue weighted by Gasteiger charge is -2.02. The molecule has 2 aromatic carbocycles. The first kappa shape index (κ1) is 14.5. The molecule has 3 nitrogen and oxygen atoms in total. The van der Waals surface area contributed by atoms with Gasteiger partial charge in [-0.15, -0.1) is 0 Å². The molecule has 0 aliphatic heterocycles. The fourth-order valence-electron chi connectivity index (χ4n) is 1.62. The Labute approximate surface area is 121 Å². The number of esters is 1. The number of halogens is 1. The van der Waals surface area contributed by atoms with Crippen molar-refractivity contribution in [1.82, 2.24) is 0 Å². The molecule has 0 N–H and O–H groups in total. The summed E-state index contributed by atoms with van der Waals surface area (Å²) in [6, 6.07) is 14.6. The van der Waals surface area contributed by atoms with Crippen LogP contribution in [0.1, 0.15) is 16.7 Å². The van der Waals surface area contributed by atoms with Gasteiger partial charge in [-0.3, -0.25) is 0 Å². The second kappa shape index (κ2) is 7.01. The first-order valence-corrected chi connectivity index (χ1v) is 6.27. The standard InChI is InChI=1S/C17H12FNO2/c18-16-8-5-13(6-9-16)7-10-17(20)21-12-15-3-1-14(11-19)2-4-15/h1-10H,12H2. The molecular formula is C17H12FNO2. The third kappa shape index (κ3) is 4.59. The molecule has 0 aromatic heterocycles. The van der Waals surface area contributed by atoms with E-state index < -0.39 is 5.97 Å². The van der Waals surface area contributed by atoms with Gasteiger partial charge in [0.05, 0.1) is 11.6 Å². The third-order valence-electron chi connectivity index (χ3n) is 2.75. The number of ether oxygens (including phenoxy) is 1. The van der Waals surface area contributed by atoms with Crippen LogP contribution >= 0.6 is 0 Å².